The van der Waals surface area contributed by atoms with Gasteiger partial charge in [-0.05, 0) is 55.2 Å². The predicted octanol–water partition coefficient (Wildman–Crippen LogP) is 2.53. The maximum Gasteiger partial charge on any atom is 0.211 e. The summed E-state index contributed by atoms with van der Waals surface area (Å²) in [6.07, 6.45) is 0.566. The Labute approximate surface area is 153 Å². The minimum atomic E-state index is -0.747. The number of carbonyl (C=O) groups is 1. The van der Waals surface area contributed by atoms with Crippen molar-refractivity contribution in [3.05, 3.63) is 53.1 Å². The van der Waals surface area contributed by atoms with Crippen molar-refractivity contribution in [2.75, 3.05) is 19.0 Å². The van der Waals surface area contributed by atoms with E-state index < -0.39 is 6.10 Å². The first-order chi connectivity index (χ1) is 12.4. The largest absolute Gasteiger partial charge is 0.506 e. The molecule has 2 rings (SSSR count). The van der Waals surface area contributed by atoms with Crippen LogP contribution < -0.4 is 15.4 Å². The fourth-order valence-corrected chi connectivity index (χ4v) is 2.86. The normalized spacial score (nSPS) is 13.1. The lowest BCUT2D eigenvalue weighted by Crippen LogP contribution is -2.32. The second-order valence-corrected chi connectivity index (χ2v) is 6.37. The molecule has 0 aliphatic rings. The fourth-order valence-electron chi connectivity index (χ4n) is 2.86. The second kappa shape index (κ2) is 9.22. The molecule has 4 N–H and O–H groups in total. The lowest BCUT2D eigenvalue weighted by molar-refractivity contribution is -0.105. The van der Waals surface area contributed by atoms with Crippen LogP contribution in [0.3, 0.4) is 0 Å². The van der Waals surface area contributed by atoms with E-state index in [0.29, 0.717) is 18.5 Å². The molecule has 0 bridgehead atoms. The minimum Gasteiger partial charge on any atom is -0.506 e. The van der Waals surface area contributed by atoms with Gasteiger partial charge in [-0.3, -0.25) is 4.79 Å². The summed E-state index contributed by atoms with van der Waals surface area (Å²) in [6.45, 7) is 4.43. The number of hydrogen-bond donors (Lipinski definition) is 4. The summed E-state index contributed by atoms with van der Waals surface area (Å²) < 4.78 is 5.27. The lowest BCUT2D eigenvalue weighted by atomic mass is 10.0. The van der Waals surface area contributed by atoms with Gasteiger partial charge in [0.25, 0.3) is 0 Å². The van der Waals surface area contributed by atoms with E-state index in [0.717, 1.165) is 17.7 Å². The van der Waals surface area contributed by atoms with Crippen molar-refractivity contribution >= 4 is 12.1 Å². The van der Waals surface area contributed by atoms with Gasteiger partial charge in [0.05, 0.1) is 18.9 Å². The van der Waals surface area contributed by atoms with E-state index in [1.54, 1.807) is 19.2 Å². The van der Waals surface area contributed by atoms with Crippen molar-refractivity contribution in [3.8, 4) is 11.5 Å². The molecule has 0 radical (unpaired) electrons. The van der Waals surface area contributed by atoms with Crippen molar-refractivity contribution in [1.29, 1.82) is 0 Å². The Kier molecular flexibility index (Phi) is 7.00. The van der Waals surface area contributed by atoms with E-state index in [1.807, 2.05) is 19.1 Å². The summed E-state index contributed by atoms with van der Waals surface area (Å²) in [5.74, 6) is 0.834. The minimum absolute atomic E-state index is 0.0377. The van der Waals surface area contributed by atoms with Crippen LogP contribution >= 0.6 is 0 Å². The molecule has 2 atom stereocenters. The molecule has 6 heteroatoms. The summed E-state index contributed by atoms with van der Waals surface area (Å²) in [6, 6.07) is 10.9. The van der Waals surface area contributed by atoms with Gasteiger partial charge in [0.15, 0.2) is 0 Å². The van der Waals surface area contributed by atoms with Gasteiger partial charge in [0.1, 0.15) is 11.5 Å². The zero-order valence-electron chi connectivity index (χ0n) is 15.3. The van der Waals surface area contributed by atoms with E-state index in [4.69, 9.17) is 4.74 Å². The number of aromatic hydroxyl groups is 1. The number of benzene rings is 2. The van der Waals surface area contributed by atoms with Crippen molar-refractivity contribution < 1.29 is 19.7 Å². The quantitative estimate of drug-likeness (QED) is 0.408. The molecular weight excluding hydrogens is 332 g/mol. The third kappa shape index (κ3) is 5.21. The summed E-state index contributed by atoms with van der Waals surface area (Å²) in [4.78, 5) is 10.6. The van der Waals surface area contributed by atoms with E-state index >= 15 is 0 Å². The predicted molar refractivity (Wildman–Crippen MR) is 102 cm³/mol. The first-order valence-electron chi connectivity index (χ1n) is 8.52. The highest BCUT2D eigenvalue weighted by Gasteiger charge is 2.12. The van der Waals surface area contributed by atoms with Crippen LogP contribution in [0.25, 0.3) is 0 Å². The van der Waals surface area contributed by atoms with E-state index in [-0.39, 0.29) is 17.5 Å². The Hall–Kier alpha value is -2.57. The molecule has 0 fully saturated rings. The average Bonchev–Trinajstić information content (AvgIpc) is 2.62. The van der Waals surface area contributed by atoms with Crippen LogP contribution in [0.4, 0.5) is 5.69 Å². The molecule has 0 saturated heterocycles. The summed E-state index contributed by atoms with van der Waals surface area (Å²) in [5.41, 5.74) is 3.18. The van der Waals surface area contributed by atoms with Gasteiger partial charge in [-0.1, -0.05) is 18.2 Å². The number of amides is 1. The maximum atomic E-state index is 10.6. The summed E-state index contributed by atoms with van der Waals surface area (Å²) in [5, 5.41) is 25.7. The first-order valence-corrected chi connectivity index (χ1v) is 8.52. The Morgan fingerprint density at radius 3 is 2.65 bits per heavy atom. The summed E-state index contributed by atoms with van der Waals surface area (Å²) in [7, 11) is 1.66. The Morgan fingerprint density at radius 2 is 2.00 bits per heavy atom. The van der Waals surface area contributed by atoms with Gasteiger partial charge in [-0.25, -0.2) is 0 Å². The number of phenols is 1. The average molecular weight is 358 g/mol. The smallest absolute Gasteiger partial charge is 0.211 e. The number of aliphatic hydroxyl groups excluding tert-OH is 1. The van der Waals surface area contributed by atoms with E-state index in [2.05, 4.69) is 23.6 Å². The van der Waals surface area contributed by atoms with Crippen molar-refractivity contribution in [2.24, 2.45) is 0 Å². The SMILES string of the molecule is COc1ccc(C[C@@H](C)NC[C@@H](O)c2ccc(O)c(NC=O)c2)cc1C. The Balaban J connectivity index is 1.92. The van der Waals surface area contributed by atoms with Gasteiger partial charge in [0.2, 0.25) is 6.41 Å². The molecule has 0 aliphatic carbocycles. The molecule has 0 aromatic heterocycles. The van der Waals surface area contributed by atoms with Crippen LogP contribution in [-0.4, -0.2) is 36.3 Å². The molecule has 140 valence electrons. The van der Waals surface area contributed by atoms with E-state index in [1.165, 1.54) is 11.6 Å². The third-order valence-corrected chi connectivity index (χ3v) is 4.28. The number of anilines is 1. The number of rotatable bonds is 9. The zero-order valence-corrected chi connectivity index (χ0v) is 15.3. The highest BCUT2D eigenvalue weighted by Crippen LogP contribution is 2.26. The number of hydrogen-bond acceptors (Lipinski definition) is 5. The molecule has 0 spiro atoms. The Morgan fingerprint density at radius 1 is 1.23 bits per heavy atom. The molecule has 26 heavy (non-hydrogen) atoms. The molecule has 0 heterocycles. The first kappa shape index (κ1) is 19.8. The van der Waals surface area contributed by atoms with Crippen LogP contribution in [0, 0.1) is 6.92 Å². The fraction of sp³-hybridized carbons (Fsp3) is 0.350. The molecule has 6 nitrogen and oxygen atoms in total. The third-order valence-electron chi connectivity index (χ3n) is 4.28. The lowest BCUT2D eigenvalue weighted by Gasteiger charge is -2.19. The molecule has 0 unspecified atom stereocenters. The van der Waals surface area contributed by atoms with Gasteiger partial charge < -0.3 is 25.6 Å². The second-order valence-electron chi connectivity index (χ2n) is 6.37. The molecule has 2 aromatic rings. The van der Waals surface area contributed by atoms with Gasteiger partial charge in [0, 0.05) is 12.6 Å². The highest BCUT2D eigenvalue weighted by molar-refractivity contribution is 5.75. The standard InChI is InChI=1S/C20H26N2O4/c1-13-8-15(4-7-20(13)26-3)9-14(2)21-11-19(25)16-5-6-18(24)17(10-16)22-12-23/h4-8,10,12,14,19,21,24-25H,9,11H2,1-3H3,(H,22,23)/t14-,19-/m1/s1. The molecule has 0 saturated carbocycles. The molecule has 2 aromatic carbocycles. The number of ether oxygens (including phenoxy) is 1. The number of nitrogens with one attached hydrogen (secondary N) is 2. The van der Waals surface area contributed by atoms with Crippen molar-refractivity contribution in [2.45, 2.75) is 32.4 Å². The maximum absolute atomic E-state index is 10.6. The number of aliphatic hydroxyl groups is 1. The van der Waals surface area contributed by atoms with Crippen LogP contribution in [0.1, 0.15) is 29.7 Å². The van der Waals surface area contributed by atoms with Crippen molar-refractivity contribution in [3.63, 3.8) is 0 Å². The number of phenolic OH excluding ortho intramolecular Hbond substituents is 1. The molecule has 0 aliphatic heterocycles. The van der Waals surface area contributed by atoms with Crippen LogP contribution in [0.2, 0.25) is 0 Å². The number of aryl methyl sites for hydroxylation is 1. The summed E-state index contributed by atoms with van der Waals surface area (Å²) >= 11 is 0. The topological polar surface area (TPSA) is 90.8 Å². The highest BCUT2D eigenvalue weighted by atomic mass is 16.5. The van der Waals surface area contributed by atoms with Crippen LogP contribution in [-0.2, 0) is 11.2 Å². The monoisotopic (exact) mass is 358 g/mol. The van der Waals surface area contributed by atoms with Gasteiger partial charge in [-0.15, -0.1) is 0 Å². The van der Waals surface area contributed by atoms with Gasteiger partial charge >= 0.3 is 0 Å². The molecule has 1 amide bonds. The number of methoxy groups -OCH3 is 1. The van der Waals surface area contributed by atoms with Crippen molar-refractivity contribution in [1.82, 2.24) is 5.32 Å². The number of carbonyl (C=O) groups excluding carboxylic acids is 1. The Bertz CT molecular complexity index is 749. The zero-order chi connectivity index (χ0) is 19.1. The van der Waals surface area contributed by atoms with Crippen LogP contribution in [0.5, 0.6) is 11.5 Å². The van der Waals surface area contributed by atoms with Gasteiger partial charge in [-0.2, -0.15) is 0 Å². The van der Waals surface area contributed by atoms with Crippen LogP contribution in [0.15, 0.2) is 36.4 Å². The molecular formula is C20H26N2O4. The van der Waals surface area contributed by atoms with E-state index in [9.17, 15) is 15.0 Å².